The molecule has 4 N–H and O–H groups in total. The fourth-order valence-corrected chi connectivity index (χ4v) is 0.509. The van der Waals surface area contributed by atoms with E-state index >= 15 is 0 Å². The van der Waals surface area contributed by atoms with Crippen LogP contribution in [-0.4, -0.2) is 51.1 Å². The van der Waals surface area contributed by atoms with Crippen molar-refractivity contribution in [3.8, 4) is 0 Å². The highest BCUT2D eigenvalue weighted by Gasteiger charge is 2.26. The molecule has 5 heteroatoms. The molecule has 5 nitrogen and oxygen atoms in total. The van der Waals surface area contributed by atoms with Gasteiger partial charge in [0.05, 0.1) is 6.61 Å². The van der Waals surface area contributed by atoms with Crippen LogP contribution in [-0.2, 0) is 4.79 Å². The van der Waals surface area contributed by atoms with Crippen molar-refractivity contribution in [3.63, 3.8) is 0 Å². The summed E-state index contributed by atoms with van der Waals surface area (Å²) in [6, 6.07) is 0. The quantitative estimate of drug-likeness (QED) is 0.374. The van der Waals surface area contributed by atoms with Crippen LogP contribution in [0.1, 0.15) is 8.27 Å². The SMILES string of the molecule is [2H]CC(=O)[C@@H](O)[C@@H](O)[C@H](O)CO. The molecule has 66 valence electrons. The molecule has 0 saturated heterocycles. The summed E-state index contributed by atoms with van der Waals surface area (Å²) in [4.78, 5) is 10.6. The Balaban J connectivity index is 4.08. The second-order valence-electron chi connectivity index (χ2n) is 2.15. The van der Waals surface area contributed by atoms with E-state index in [1.54, 1.807) is 0 Å². The summed E-state index contributed by atoms with van der Waals surface area (Å²) in [6.45, 7) is -1.42. The van der Waals surface area contributed by atoms with Crippen molar-refractivity contribution in [3.05, 3.63) is 0 Å². The van der Waals surface area contributed by atoms with Crippen LogP contribution < -0.4 is 0 Å². The van der Waals surface area contributed by atoms with Gasteiger partial charge in [-0.1, -0.05) is 0 Å². The average Bonchev–Trinajstić information content (AvgIpc) is 2.12. The zero-order valence-electron chi connectivity index (χ0n) is 6.84. The molecule has 0 spiro atoms. The molecule has 0 saturated carbocycles. The largest absolute Gasteiger partial charge is 0.394 e. The molecule has 0 aromatic rings. The van der Waals surface area contributed by atoms with Crippen LogP contribution in [0.25, 0.3) is 0 Å². The van der Waals surface area contributed by atoms with Gasteiger partial charge in [0.2, 0.25) is 0 Å². The number of hydrogen-bond acceptors (Lipinski definition) is 5. The maximum absolute atomic E-state index is 10.6. The third-order valence-electron chi connectivity index (χ3n) is 1.23. The molecular formula is C6H12O5. The Hall–Kier alpha value is -0.490. The van der Waals surface area contributed by atoms with Crippen LogP contribution in [0.3, 0.4) is 0 Å². The lowest BCUT2D eigenvalue weighted by molar-refractivity contribution is -0.137. The lowest BCUT2D eigenvalue weighted by Crippen LogP contribution is -2.42. The lowest BCUT2D eigenvalue weighted by atomic mass is 10.1. The molecule has 11 heavy (non-hydrogen) atoms. The lowest BCUT2D eigenvalue weighted by Gasteiger charge is -2.18. The third-order valence-corrected chi connectivity index (χ3v) is 1.23. The van der Waals surface area contributed by atoms with Crippen LogP contribution in [0, 0.1) is 0 Å². The Bertz CT molecular complexity index is 151. The van der Waals surface area contributed by atoms with Crippen LogP contribution in [0.15, 0.2) is 0 Å². The highest BCUT2D eigenvalue weighted by molar-refractivity contribution is 5.80. The van der Waals surface area contributed by atoms with Crippen molar-refractivity contribution in [2.75, 3.05) is 6.61 Å². The van der Waals surface area contributed by atoms with Gasteiger partial charge in [-0.15, -0.1) is 0 Å². The number of carbonyl (C=O) groups excluding carboxylic acids is 1. The van der Waals surface area contributed by atoms with Crippen LogP contribution >= 0.6 is 0 Å². The summed E-state index contributed by atoms with van der Waals surface area (Å²) >= 11 is 0. The van der Waals surface area contributed by atoms with E-state index in [-0.39, 0.29) is 0 Å². The van der Waals surface area contributed by atoms with Gasteiger partial charge in [0, 0.05) is 1.37 Å². The highest BCUT2D eigenvalue weighted by Crippen LogP contribution is 2.00. The van der Waals surface area contributed by atoms with Crippen molar-refractivity contribution in [2.45, 2.75) is 25.2 Å². The van der Waals surface area contributed by atoms with Gasteiger partial charge in [-0.25, -0.2) is 0 Å². The standard InChI is InChI=1S/C6H12O5/c1-3(8)5(10)6(11)4(9)2-7/h4-7,9-11H,2H2,1H3/t4-,5-,6+/m1/s1/i1D. The topological polar surface area (TPSA) is 98.0 Å². The number of aliphatic hydroxyl groups is 4. The van der Waals surface area contributed by atoms with Gasteiger partial charge in [0.25, 0.3) is 0 Å². The monoisotopic (exact) mass is 165 g/mol. The van der Waals surface area contributed by atoms with E-state index in [4.69, 9.17) is 21.8 Å². The Labute approximate surface area is 65.3 Å². The van der Waals surface area contributed by atoms with E-state index in [1.165, 1.54) is 0 Å². The van der Waals surface area contributed by atoms with Crippen molar-refractivity contribution in [1.29, 1.82) is 0 Å². The Kier molecular flexibility index (Phi) is 3.44. The summed E-state index contributed by atoms with van der Waals surface area (Å²) in [5, 5.41) is 34.9. The van der Waals surface area contributed by atoms with Crippen LogP contribution in [0.4, 0.5) is 0 Å². The molecule has 0 amide bonds. The average molecular weight is 165 g/mol. The molecule has 0 aliphatic heterocycles. The van der Waals surface area contributed by atoms with Crippen LogP contribution in [0.2, 0.25) is 0 Å². The maximum atomic E-state index is 10.6. The van der Waals surface area contributed by atoms with Gasteiger partial charge in [-0.05, 0) is 6.90 Å². The molecule has 0 bridgehead atoms. The molecular weight excluding hydrogens is 152 g/mol. The number of ketones is 1. The van der Waals surface area contributed by atoms with Crippen molar-refractivity contribution in [1.82, 2.24) is 0 Å². The predicted octanol–water partition coefficient (Wildman–Crippen LogP) is -2.35. The molecule has 0 aliphatic rings. The predicted molar refractivity (Wildman–Crippen MR) is 35.8 cm³/mol. The van der Waals surface area contributed by atoms with E-state index in [2.05, 4.69) is 0 Å². The summed E-state index contributed by atoms with van der Waals surface area (Å²) in [6.07, 6.45) is -5.09. The smallest absolute Gasteiger partial charge is 0.160 e. The summed E-state index contributed by atoms with van der Waals surface area (Å²) in [5.41, 5.74) is 0. The fourth-order valence-electron chi connectivity index (χ4n) is 0.509. The number of aliphatic hydroxyl groups excluding tert-OH is 4. The first-order chi connectivity index (χ1) is 5.54. The molecule has 0 unspecified atom stereocenters. The molecule has 0 aliphatic carbocycles. The normalized spacial score (nSPS) is 20.2. The van der Waals surface area contributed by atoms with E-state index in [9.17, 15) is 4.79 Å². The number of hydrogen-bond donors (Lipinski definition) is 4. The zero-order valence-corrected chi connectivity index (χ0v) is 5.84. The first-order valence-electron chi connectivity index (χ1n) is 3.72. The first-order valence-corrected chi connectivity index (χ1v) is 3.01. The highest BCUT2D eigenvalue weighted by atomic mass is 16.4. The zero-order chi connectivity index (χ0) is 9.72. The van der Waals surface area contributed by atoms with Gasteiger partial charge in [-0.2, -0.15) is 0 Å². The summed E-state index contributed by atoms with van der Waals surface area (Å²) < 4.78 is 6.57. The van der Waals surface area contributed by atoms with E-state index in [0.29, 0.717) is 0 Å². The van der Waals surface area contributed by atoms with Gasteiger partial charge in [0.1, 0.15) is 18.3 Å². The van der Waals surface area contributed by atoms with Crippen LogP contribution in [0.5, 0.6) is 0 Å². The Morgan fingerprint density at radius 3 is 2.45 bits per heavy atom. The minimum Gasteiger partial charge on any atom is -0.394 e. The number of Topliss-reactive ketones (excluding diaryl/α,β-unsaturated/α-hetero) is 1. The Morgan fingerprint density at radius 1 is 1.55 bits per heavy atom. The fraction of sp³-hybridized carbons (Fsp3) is 0.833. The minimum absolute atomic E-state index is 0.670. The molecule has 0 rings (SSSR count). The second kappa shape index (κ2) is 4.40. The van der Waals surface area contributed by atoms with Gasteiger partial charge in [0.15, 0.2) is 5.78 Å². The molecule has 0 aromatic heterocycles. The van der Waals surface area contributed by atoms with Crippen molar-refractivity contribution < 1.29 is 26.6 Å². The van der Waals surface area contributed by atoms with Gasteiger partial charge in [-0.3, -0.25) is 4.79 Å². The molecule has 0 aromatic carbocycles. The van der Waals surface area contributed by atoms with E-state index in [0.717, 1.165) is 0 Å². The first kappa shape index (κ1) is 8.61. The van der Waals surface area contributed by atoms with Gasteiger partial charge < -0.3 is 20.4 Å². The van der Waals surface area contributed by atoms with Gasteiger partial charge >= 0.3 is 0 Å². The van der Waals surface area contributed by atoms with Crippen molar-refractivity contribution in [2.24, 2.45) is 0 Å². The second-order valence-corrected chi connectivity index (χ2v) is 2.15. The third kappa shape index (κ3) is 2.94. The number of carbonyl (C=O) groups is 1. The number of rotatable bonds is 4. The molecule has 0 radical (unpaired) electrons. The molecule has 0 heterocycles. The summed E-state index contributed by atoms with van der Waals surface area (Å²) in [5.74, 6) is -0.894. The summed E-state index contributed by atoms with van der Waals surface area (Å²) in [7, 11) is 0. The van der Waals surface area contributed by atoms with E-state index in [1.807, 2.05) is 0 Å². The Morgan fingerprint density at radius 2 is 2.09 bits per heavy atom. The van der Waals surface area contributed by atoms with Crippen molar-refractivity contribution >= 4 is 5.78 Å². The molecule has 0 fully saturated rings. The maximum Gasteiger partial charge on any atom is 0.160 e. The molecule has 3 atom stereocenters. The minimum atomic E-state index is -1.80. The van der Waals surface area contributed by atoms with E-state index < -0.39 is 37.6 Å².